The standard InChI is InChI=1S/C17H12FNO6/c18-12-8-9(5-6-14(12)20)7-11(17(24)25)15(21)19-13-4-2-1-3-10(13)16(22)23/h1-8,20H,(H,19,21)(H,22,23)(H,24,25). The van der Waals surface area contributed by atoms with Crippen LogP contribution in [0.25, 0.3) is 6.08 Å². The number of hydrogen-bond acceptors (Lipinski definition) is 4. The van der Waals surface area contributed by atoms with E-state index in [1.54, 1.807) is 0 Å². The summed E-state index contributed by atoms with van der Waals surface area (Å²) in [6.45, 7) is 0. The highest BCUT2D eigenvalue weighted by Crippen LogP contribution is 2.20. The van der Waals surface area contributed by atoms with Crippen LogP contribution in [0.2, 0.25) is 0 Å². The second kappa shape index (κ2) is 7.26. The fourth-order valence-corrected chi connectivity index (χ4v) is 1.97. The summed E-state index contributed by atoms with van der Waals surface area (Å²) in [6, 6.07) is 8.57. The van der Waals surface area contributed by atoms with Crippen LogP contribution in [0.4, 0.5) is 10.1 Å². The summed E-state index contributed by atoms with van der Waals surface area (Å²) in [5, 5.41) is 29.6. The number of aromatic carboxylic acids is 1. The third kappa shape index (κ3) is 4.20. The molecule has 1 amide bonds. The first-order chi connectivity index (χ1) is 11.8. The van der Waals surface area contributed by atoms with Gasteiger partial charge in [-0.05, 0) is 35.9 Å². The van der Waals surface area contributed by atoms with Gasteiger partial charge in [0.1, 0.15) is 5.57 Å². The van der Waals surface area contributed by atoms with Crippen LogP contribution < -0.4 is 5.32 Å². The van der Waals surface area contributed by atoms with Crippen LogP contribution in [0, 0.1) is 5.82 Å². The molecule has 0 aromatic heterocycles. The van der Waals surface area contributed by atoms with E-state index in [0.717, 1.165) is 18.2 Å². The minimum Gasteiger partial charge on any atom is -0.505 e. The molecule has 0 fully saturated rings. The number of rotatable bonds is 5. The summed E-state index contributed by atoms with van der Waals surface area (Å²) in [6.07, 6.45) is 0.906. The van der Waals surface area contributed by atoms with E-state index in [4.69, 9.17) is 10.2 Å². The molecule has 0 unspecified atom stereocenters. The first kappa shape index (κ1) is 17.7. The third-order valence-corrected chi connectivity index (χ3v) is 3.16. The van der Waals surface area contributed by atoms with Crippen LogP contribution >= 0.6 is 0 Å². The number of hydrogen-bond donors (Lipinski definition) is 4. The summed E-state index contributed by atoms with van der Waals surface area (Å²) in [5.41, 5.74) is -0.986. The first-order valence-electron chi connectivity index (χ1n) is 6.86. The van der Waals surface area contributed by atoms with Gasteiger partial charge in [-0.15, -0.1) is 0 Å². The number of phenols is 1. The number of aliphatic carboxylic acids is 1. The molecule has 0 aliphatic heterocycles. The number of para-hydroxylation sites is 1. The maximum atomic E-state index is 13.3. The molecule has 128 valence electrons. The SMILES string of the molecule is O=C(O)C(=Cc1ccc(O)c(F)c1)C(=O)Nc1ccccc1C(=O)O. The van der Waals surface area contributed by atoms with Gasteiger partial charge in [-0.25, -0.2) is 14.0 Å². The Morgan fingerprint density at radius 3 is 2.32 bits per heavy atom. The zero-order valence-electron chi connectivity index (χ0n) is 12.6. The lowest BCUT2D eigenvalue weighted by molar-refractivity contribution is -0.134. The van der Waals surface area contributed by atoms with E-state index in [2.05, 4.69) is 5.32 Å². The average Bonchev–Trinajstić information content (AvgIpc) is 2.55. The third-order valence-electron chi connectivity index (χ3n) is 3.16. The van der Waals surface area contributed by atoms with Gasteiger partial charge in [0, 0.05) is 0 Å². The Morgan fingerprint density at radius 2 is 1.72 bits per heavy atom. The zero-order chi connectivity index (χ0) is 18.6. The van der Waals surface area contributed by atoms with Crippen molar-refractivity contribution in [1.29, 1.82) is 0 Å². The van der Waals surface area contributed by atoms with Gasteiger partial charge >= 0.3 is 11.9 Å². The summed E-state index contributed by atoms with van der Waals surface area (Å²) in [7, 11) is 0. The molecule has 0 aliphatic carbocycles. The molecule has 0 saturated carbocycles. The largest absolute Gasteiger partial charge is 0.505 e. The number of halogens is 1. The fourth-order valence-electron chi connectivity index (χ4n) is 1.97. The van der Waals surface area contributed by atoms with Crippen molar-refractivity contribution >= 4 is 29.6 Å². The molecule has 0 saturated heterocycles. The predicted octanol–water partition coefficient (Wildman–Crippen LogP) is 2.34. The number of carbonyl (C=O) groups excluding carboxylic acids is 1. The van der Waals surface area contributed by atoms with Crippen LogP contribution in [0.15, 0.2) is 48.0 Å². The van der Waals surface area contributed by atoms with E-state index in [1.165, 1.54) is 30.3 Å². The van der Waals surface area contributed by atoms with Gasteiger partial charge in [0.05, 0.1) is 11.3 Å². The van der Waals surface area contributed by atoms with Gasteiger partial charge in [0.15, 0.2) is 11.6 Å². The second-order valence-corrected chi connectivity index (χ2v) is 4.88. The van der Waals surface area contributed by atoms with E-state index in [9.17, 15) is 23.9 Å². The van der Waals surface area contributed by atoms with Crippen molar-refractivity contribution in [3.8, 4) is 5.75 Å². The van der Waals surface area contributed by atoms with Crippen molar-refractivity contribution in [1.82, 2.24) is 0 Å². The van der Waals surface area contributed by atoms with E-state index in [-0.39, 0.29) is 16.8 Å². The minimum absolute atomic E-state index is 0.0365. The van der Waals surface area contributed by atoms with Crippen molar-refractivity contribution < 1.29 is 34.1 Å². The number of aromatic hydroxyl groups is 1. The van der Waals surface area contributed by atoms with Gasteiger partial charge in [-0.2, -0.15) is 0 Å². The topological polar surface area (TPSA) is 124 Å². The molecule has 0 atom stereocenters. The lowest BCUT2D eigenvalue weighted by Gasteiger charge is -2.09. The number of carbonyl (C=O) groups is 3. The Morgan fingerprint density at radius 1 is 1.04 bits per heavy atom. The molecular weight excluding hydrogens is 333 g/mol. The highest BCUT2D eigenvalue weighted by atomic mass is 19.1. The van der Waals surface area contributed by atoms with Crippen LogP contribution in [0.3, 0.4) is 0 Å². The van der Waals surface area contributed by atoms with Crippen molar-refractivity contribution in [2.24, 2.45) is 0 Å². The zero-order valence-corrected chi connectivity index (χ0v) is 12.6. The van der Waals surface area contributed by atoms with Crippen molar-refractivity contribution in [3.05, 3.63) is 65.0 Å². The van der Waals surface area contributed by atoms with Crippen molar-refractivity contribution in [3.63, 3.8) is 0 Å². The lowest BCUT2D eigenvalue weighted by atomic mass is 10.1. The fraction of sp³-hybridized carbons (Fsp3) is 0. The molecule has 0 spiro atoms. The highest BCUT2D eigenvalue weighted by Gasteiger charge is 2.20. The van der Waals surface area contributed by atoms with Crippen LogP contribution in [-0.4, -0.2) is 33.2 Å². The molecule has 2 rings (SSSR count). The number of carboxylic acid groups (broad SMARTS) is 2. The molecule has 4 N–H and O–H groups in total. The number of benzene rings is 2. The summed E-state index contributed by atoms with van der Waals surface area (Å²) in [4.78, 5) is 34.6. The van der Waals surface area contributed by atoms with Gasteiger partial charge in [-0.3, -0.25) is 4.79 Å². The highest BCUT2D eigenvalue weighted by molar-refractivity contribution is 6.24. The maximum Gasteiger partial charge on any atom is 0.341 e. The Balaban J connectivity index is 2.36. The van der Waals surface area contributed by atoms with Crippen LogP contribution in [0.5, 0.6) is 5.75 Å². The first-order valence-corrected chi connectivity index (χ1v) is 6.86. The molecule has 2 aromatic carbocycles. The van der Waals surface area contributed by atoms with Gasteiger partial charge in [0.25, 0.3) is 5.91 Å². The number of nitrogens with one attached hydrogen (secondary N) is 1. The second-order valence-electron chi connectivity index (χ2n) is 4.88. The maximum absolute atomic E-state index is 13.3. The number of carboxylic acids is 2. The Kier molecular flexibility index (Phi) is 5.13. The van der Waals surface area contributed by atoms with Crippen molar-refractivity contribution in [2.45, 2.75) is 0 Å². The monoisotopic (exact) mass is 345 g/mol. The van der Waals surface area contributed by atoms with E-state index >= 15 is 0 Å². The number of phenolic OH excluding ortho intramolecular Hbond substituents is 1. The Bertz CT molecular complexity index is 890. The number of amides is 1. The molecule has 8 heteroatoms. The molecule has 0 aliphatic rings. The molecule has 0 radical (unpaired) electrons. The normalized spacial score (nSPS) is 11.0. The Labute approximate surface area is 140 Å². The lowest BCUT2D eigenvalue weighted by Crippen LogP contribution is -2.21. The Hall–Kier alpha value is -3.68. The molecular formula is C17H12FNO6. The average molecular weight is 345 g/mol. The molecule has 25 heavy (non-hydrogen) atoms. The molecule has 7 nitrogen and oxygen atoms in total. The summed E-state index contributed by atoms with van der Waals surface area (Å²) < 4.78 is 13.3. The summed E-state index contributed by atoms with van der Waals surface area (Å²) >= 11 is 0. The van der Waals surface area contributed by atoms with Gasteiger partial charge in [-0.1, -0.05) is 18.2 Å². The van der Waals surface area contributed by atoms with Crippen molar-refractivity contribution in [2.75, 3.05) is 5.32 Å². The quantitative estimate of drug-likeness (QED) is 0.375. The molecule has 2 aromatic rings. The van der Waals surface area contributed by atoms with E-state index in [1.807, 2.05) is 0 Å². The van der Waals surface area contributed by atoms with E-state index in [0.29, 0.717) is 0 Å². The number of anilines is 1. The molecule has 0 heterocycles. The molecule has 0 bridgehead atoms. The summed E-state index contributed by atoms with van der Waals surface area (Å²) in [5.74, 6) is -5.55. The van der Waals surface area contributed by atoms with Crippen LogP contribution in [-0.2, 0) is 9.59 Å². The van der Waals surface area contributed by atoms with Gasteiger partial charge in [0.2, 0.25) is 0 Å². The smallest absolute Gasteiger partial charge is 0.341 e. The predicted molar refractivity (Wildman–Crippen MR) is 85.7 cm³/mol. The van der Waals surface area contributed by atoms with Crippen LogP contribution in [0.1, 0.15) is 15.9 Å². The minimum atomic E-state index is -1.58. The van der Waals surface area contributed by atoms with Gasteiger partial charge < -0.3 is 20.6 Å². The van der Waals surface area contributed by atoms with E-state index < -0.39 is 35.0 Å².